The molecule has 2 aromatic carbocycles. The summed E-state index contributed by atoms with van der Waals surface area (Å²) < 4.78 is 7.67. The average Bonchev–Trinajstić information content (AvgIpc) is 3.26. The summed E-state index contributed by atoms with van der Waals surface area (Å²) in [6, 6.07) is 13.0. The van der Waals surface area contributed by atoms with E-state index >= 15 is 0 Å². The Morgan fingerprint density at radius 3 is 2.71 bits per heavy atom. The van der Waals surface area contributed by atoms with Gasteiger partial charge in [-0.05, 0) is 48.2 Å². The molecule has 4 N–H and O–H groups in total. The van der Waals surface area contributed by atoms with Crippen LogP contribution >= 0.6 is 0 Å². The summed E-state index contributed by atoms with van der Waals surface area (Å²) in [5.74, 6) is -1.64. The van der Waals surface area contributed by atoms with E-state index in [9.17, 15) is 14.4 Å². The number of aliphatic carboxylic acids is 1. The van der Waals surface area contributed by atoms with Crippen molar-refractivity contribution in [1.82, 2.24) is 4.57 Å². The average molecular weight is 421 g/mol. The number of carboxylic acids is 1. The zero-order valence-corrected chi connectivity index (χ0v) is 17.1. The maximum atomic E-state index is 12.1. The minimum absolute atomic E-state index is 0.144. The van der Waals surface area contributed by atoms with E-state index in [2.05, 4.69) is 9.88 Å². The minimum Gasteiger partial charge on any atom is -0.481 e. The molecular weight excluding hydrogens is 398 g/mol. The number of ether oxygens (including phenoxy) is 1. The third-order valence-electron chi connectivity index (χ3n) is 5.50. The number of nitrogens with two attached hydrogens (primary N) is 1. The number of nitrogens with one attached hydrogen (secondary N) is 1. The maximum absolute atomic E-state index is 12.1. The molecule has 0 radical (unpaired) electrons. The molecule has 4 rings (SSSR count). The van der Waals surface area contributed by atoms with Crippen LogP contribution in [-0.4, -0.2) is 34.1 Å². The summed E-state index contributed by atoms with van der Waals surface area (Å²) in [7, 11) is 0. The van der Waals surface area contributed by atoms with Gasteiger partial charge in [-0.25, -0.2) is 4.79 Å². The van der Waals surface area contributed by atoms with Crippen LogP contribution < -0.4 is 15.8 Å². The Morgan fingerprint density at radius 2 is 2.00 bits per heavy atom. The molecule has 160 valence electrons. The molecule has 1 aromatic heterocycles. The number of amides is 2. The second kappa shape index (κ2) is 8.14. The molecule has 0 bridgehead atoms. The van der Waals surface area contributed by atoms with Crippen LogP contribution in [0.25, 0.3) is 10.9 Å². The minimum atomic E-state index is -1.07. The van der Waals surface area contributed by atoms with Gasteiger partial charge in [0.2, 0.25) is 11.8 Å². The van der Waals surface area contributed by atoms with Gasteiger partial charge >= 0.3 is 5.97 Å². The fourth-order valence-corrected chi connectivity index (χ4v) is 4.38. The number of aromatic nitrogens is 1. The highest BCUT2D eigenvalue weighted by atomic mass is 16.5. The highest BCUT2D eigenvalue weighted by Gasteiger charge is 2.34. The van der Waals surface area contributed by atoms with Crippen molar-refractivity contribution in [3.8, 4) is 5.75 Å². The van der Waals surface area contributed by atoms with Crippen LogP contribution in [0.15, 0.2) is 42.5 Å². The first-order valence-electron chi connectivity index (χ1n) is 9.99. The normalized spacial score (nSPS) is 14.9. The third-order valence-corrected chi connectivity index (χ3v) is 5.50. The summed E-state index contributed by atoms with van der Waals surface area (Å²) >= 11 is 0. The second-order valence-corrected chi connectivity index (χ2v) is 7.65. The zero-order valence-electron chi connectivity index (χ0n) is 17.1. The van der Waals surface area contributed by atoms with Crippen molar-refractivity contribution in [3.63, 3.8) is 0 Å². The lowest BCUT2D eigenvalue weighted by Gasteiger charge is -2.12. The molecule has 1 aliphatic rings. The van der Waals surface area contributed by atoms with E-state index in [0.29, 0.717) is 30.8 Å². The number of carbonyl (C=O) groups excluding carboxylic acids is 2. The topological polar surface area (TPSA) is 124 Å². The van der Waals surface area contributed by atoms with Crippen LogP contribution in [0.1, 0.15) is 36.1 Å². The number of primary amides is 1. The van der Waals surface area contributed by atoms with Crippen molar-refractivity contribution in [2.24, 2.45) is 5.73 Å². The van der Waals surface area contributed by atoms with Crippen LogP contribution in [0.5, 0.6) is 5.75 Å². The molecule has 1 aliphatic carbocycles. The predicted octanol–water partition coefficient (Wildman–Crippen LogP) is 2.63. The number of rotatable bonds is 7. The number of nitrogens with zero attached hydrogens (tertiary/aromatic N) is 1. The van der Waals surface area contributed by atoms with E-state index in [1.807, 2.05) is 30.3 Å². The van der Waals surface area contributed by atoms with E-state index in [1.54, 1.807) is 12.1 Å². The second-order valence-electron chi connectivity index (χ2n) is 7.65. The van der Waals surface area contributed by atoms with Crippen LogP contribution in [0.3, 0.4) is 0 Å². The first-order valence-corrected chi connectivity index (χ1v) is 9.99. The monoisotopic (exact) mass is 421 g/mol. The number of fused-ring (bicyclic) bond motifs is 3. The van der Waals surface area contributed by atoms with Gasteiger partial charge in [0.15, 0.2) is 6.61 Å². The summed E-state index contributed by atoms with van der Waals surface area (Å²) in [5, 5.41) is 12.6. The first-order chi connectivity index (χ1) is 14.8. The van der Waals surface area contributed by atoms with Gasteiger partial charge in [0.1, 0.15) is 5.75 Å². The van der Waals surface area contributed by atoms with Crippen molar-refractivity contribution in [1.29, 1.82) is 0 Å². The highest BCUT2D eigenvalue weighted by Crippen LogP contribution is 2.44. The van der Waals surface area contributed by atoms with E-state index in [4.69, 9.17) is 15.6 Å². The molecule has 8 heteroatoms. The lowest BCUT2D eigenvalue weighted by Crippen LogP contribution is -2.19. The summed E-state index contributed by atoms with van der Waals surface area (Å²) in [4.78, 5) is 34.6. The Hall–Kier alpha value is -3.81. The molecule has 1 atom stereocenters. The molecule has 0 aliphatic heterocycles. The molecule has 2 amide bonds. The number of carbonyl (C=O) groups is 3. The van der Waals surface area contributed by atoms with E-state index in [0.717, 1.165) is 27.7 Å². The number of anilines is 1. The van der Waals surface area contributed by atoms with Crippen molar-refractivity contribution >= 4 is 34.4 Å². The van der Waals surface area contributed by atoms with Crippen LogP contribution in [0, 0.1) is 0 Å². The highest BCUT2D eigenvalue weighted by molar-refractivity contribution is 5.98. The molecular formula is C23H23N3O5. The van der Waals surface area contributed by atoms with Crippen LogP contribution in [0.2, 0.25) is 0 Å². The van der Waals surface area contributed by atoms with Gasteiger partial charge in [0, 0.05) is 30.2 Å². The third kappa shape index (κ3) is 3.96. The molecule has 8 nitrogen and oxygen atoms in total. The maximum Gasteiger partial charge on any atom is 0.341 e. The summed E-state index contributed by atoms with van der Waals surface area (Å²) in [6.07, 6.45) is 1.29. The van der Waals surface area contributed by atoms with Crippen molar-refractivity contribution in [3.05, 3.63) is 59.3 Å². The molecule has 0 saturated carbocycles. The summed E-state index contributed by atoms with van der Waals surface area (Å²) in [5.41, 5.74) is 10.0. The lowest BCUT2D eigenvalue weighted by molar-refractivity contribution is -0.139. The molecule has 0 saturated heterocycles. The number of hydrogen-bond donors (Lipinski definition) is 3. The largest absolute Gasteiger partial charge is 0.481 e. The van der Waals surface area contributed by atoms with Gasteiger partial charge in [0.05, 0.1) is 11.4 Å². The smallest absolute Gasteiger partial charge is 0.341 e. The first kappa shape index (κ1) is 20.5. The Balaban J connectivity index is 1.83. The fraction of sp³-hybridized carbons (Fsp3) is 0.261. The Bertz CT molecular complexity index is 1200. The Labute approximate surface area is 178 Å². The van der Waals surface area contributed by atoms with Gasteiger partial charge in [-0.15, -0.1) is 0 Å². The quantitative estimate of drug-likeness (QED) is 0.541. The number of benzene rings is 2. The standard InChI is InChI=1S/C23H23N3O5/c1-13(27)25-15-5-2-4-14(10-15)11-26-17-6-3-7-19(31-12-20(28)29)22(17)21-16(23(24)30)8-9-18(21)26/h2-7,10,16H,8-9,11-12H2,1H3,(H2,24,30)(H,25,27)(H,28,29). The van der Waals surface area contributed by atoms with E-state index < -0.39 is 24.4 Å². The predicted molar refractivity (Wildman–Crippen MR) is 115 cm³/mol. The molecule has 0 spiro atoms. The van der Waals surface area contributed by atoms with Crippen molar-refractivity contribution in [2.45, 2.75) is 32.2 Å². The molecule has 31 heavy (non-hydrogen) atoms. The van der Waals surface area contributed by atoms with Gasteiger partial charge in [-0.2, -0.15) is 0 Å². The number of carboxylic acid groups (broad SMARTS) is 1. The van der Waals surface area contributed by atoms with Gasteiger partial charge in [-0.1, -0.05) is 18.2 Å². The fourth-order valence-electron chi connectivity index (χ4n) is 4.38. The molecule has 1 heterocycles. The molecule has 1 unspecified atom stereocenters. The number of hydrogen-bond acceptors (Lipinski definition) is 4. The molecule has 3 aromatic rings. The Morgan fingerprint density at radius 1 is 1.23 bits per heavy atom. The van der Waals surface area contributed by atoms with Crippen LogP contribution in [0.4, 0.5) is 5.69 Å². The Kier molecular flexibility index (Phi) is 5.37. The molecule has 0 fully saturated rings. The van der Waals surface area contributed by atoms with E-state index in [1.165, 1.54) is 6.92 Å². The summed E-state index contributed by atoms with van der Waals surface area (Å²) in [6.45, 7) is 1.51. The zero-order chi connectivity index (χ0) is 22.1. The van der Waals surface area contributed by atoms with Gasteiger partial charge in [-0.3, -0.25) is 9.59 Å². The SMILES string of the molecule is CC(=O)Nc1cccc(Cn2c3c(c4c(OCC(=O)O)cccc42)C(C(N)=O)CC3)c1. The van der Waals surface area contributed by atoms with Crippen LogP contribution in [-0.2, 0) is 27.3 Å². The lowest BCUT2D eigenvalue weighted by atomic mass is 9.99. The van der Waals surface area contributed by atoms with Gasteiger partial charge in [0.25, 0.3) is 0 Å². The van der Waals surface area contributed by atoms with Gasteiger partial charge < -0.3 is 25.5 Å². The van der Waals surface area contributed by atoms with Crippen molar-refractivity contribution < 1.29 is 24.2 Å². The van der Waals surface area contributed by atoms with Crippen molar-refractivity contribution in [2.75, 3.05) is 11.9 Å². The van der Waals surface area contributed by atoms with E-state index in [-0.39, 0.29) is 5.91 Å².